The molecular weight excluding hydrogens is 436 g/mol. The normalized spacial score (nSPS) is 21.7. The van der Waals surface area contributed by atoms with Gasteiger partial charge >= 0.3 is 0 Å². The van der Waals surface area contributed by atoms with Crippen LogP contribution in [0.3, 0.4) is 0 Å². The number of aromatic nitrogens is 2. The number of pyridine rings is 1. The average Bonchev–Trinajstić information content (AvgIpc) is 3.31. The molecule has 32 heavy (non-hydrogen) atoms. The maximum atomic E-state index is 6.60. The highest BCUT2D eigenvalue weighted by atomic mass is 35.5. The fourth-order valence-electron chi connectivity index (χ4n) is 5.54. The van der Waals surface area contributed by atoms with Crippen molar-refractivity contribution in [3.63, 3.8) is 0 Å². The summed E-state index contributed by atoms with van der Waals surface area (Å²) in [5, 5.41) is 5.24. The Labute approximate surface area is 200 Å². The largest absolute Gasteiger partial charge is 0.352 e. The first-order valence-corrected chi connectivity index (χ1v) is 12.3. The van der Waals surface area contributed by atoms with Crippen LogP contribution in [0.1, 0.15) is 66.8 Å². The number of benzene rings is 1. The van der Waals surface area contributed by atoms with Crippen molar-refractivity contribution in [2.45, 2.75) is 64.1 Å². The van der Waals surface area contributed by atoms with Crippen LogP contribution in [0.5, 0.6) is 0 Å². The van der Waals surface area contributed by atoms with Gasteiger partial charge in [-0.25, -0.2) is 0 Å². The second-order valence-corrected chi connectivity index (χ2v) is 9.73. The van der Waals surface area contributed by atoms with E-state index in [1.807, 2.05) is 30.5 Å². The molecule has 0 amide bonds. The molecule has 1 N–H and O–H groups in total. The third-order valence-corrected chi connectivity index (χ3v) is 7.63. The quantitative estimate of drug-likeness (QED) is 0.450. The number of hydrogen-bond donors (Lipinski definition) is 1. The summed E-state index contributed by atoms with van der Waals surface area (Å²) >= 11 is 12.5. The molecule has 1 aromatic carbocycles. The van der Waals surface area contributed by atoms with Gasteiger partial charge in [-0.1, -0.05) is 49.1 Å². The third-order valence-electron chi connectivity index (χ3n) is 6.99. The summed E-state index contributed by atoms with van der Waals surface area (Å²) in [6.45, 7) is 4.35. The van der Waals surface area contributed by atoms with Gasteiger partial charge in [0, 0.05) is 23.6 Å². The smallest absolute Gasteiger partial charge is 0.170 e. The van der Waals surface area contributed by atoms with E-state index >= 15 is 0 Å². The van der Waals surface area contributed by atoms with Crippen molar-refractivity contribution in [3.05, 3.63) is 82.4 Å². The average molecular weight is 465 g/mol. The lowest BCUT2D eigenvalue weighted by Crippen LogP contribution is -2.40. The lowest BCUT2D eigenvalue weighted by Gasteiger charge is -2.37. The number of nitrogens with one attached hydrogen (secondary N) is 1. The first-order valence-electron chi connectivity index (χ1n) is 11.5. The minimum absolute atomic E-state index is 0.0193. The van der Waals surface area contributed by atoms with E-state index in [1.165, 1.54) is 49.1 Å². The molecule has 2 aromatic heterocycles. The van der Waals surface area contributed by atoms with E-state index in [-0.39, 0.29) is 12.1 Å². The van der Waals surface area contributed by atoms with E-state index in [2.05, 4.69) is 52.9 Å². The van der Waals surface area contributed by atoms with Gasteiger partial charge in [0.2, 0.25) is 0 Å². The van der Waals surface area contributed by atoms with Gasteiger partial charge in [-0.2, -0.15) is 0 Å². The van der Waals surface area contributed by atoms with Gasteiger partial charge in [-0.05, 0) is 74.8 Å². The second kappa shape index (κ2) is 8.87. The van der Waals surface area contributed by atoms with Crippen molar-refractivity contribution in [3.8, 4) is 5.69 Å². The Balaban J connectivity index is 1.64. The van der Waals surface area contributed by atoms with Crippen LogP contribution in [-0.4, -0.2) is 25.6 Å². The molecule has 2 aliphatic rings. The number of hydrogen-bond acceptors (Lipinski definition) is 2. The zero-order valence-corrected chi connectivity index (χ0v) is 20.2. The molecule has 1 aliphatic carbocycles. The standard InChI is InChI=1S/C26H29ClN4S/c1-17-16-20(18(2)30(17)23-14-7-6-12-21(23)27)25-24(22-13-8-9-15-28-22)29-26(32)31(25)19-10-4-3-5-11-19/h6-9,12-16,19,24-25H,3-5,10-11H2,1-2H3,(H,29,32)/t24-,25+/m1/s1. The van der Waals surface area contributed by atoms with Crippen LogP contribution >= 0.6 is 23.8 Å². The number of aryl methyl sites for hydroxylation is 1. The maximum Gasteiger partial charge on any atom is 0.170 e. The van der Waals surface area contributed by atoms with Crippen molar-refractivity contribution < 1.29 is 0 Å². The lowest BCUT2D eigenvalue weighted by atomic mass is 9.90. The number of halogens is 1. The van der Waals surface area contributed by atoms with Gasteiger partial charge in [0.25, 0.3) is 0 Å². The molecule has 1 aliphatic heterocycles. The summed E-state index contributed by atoms with van der Waals surface area (Å²) in [6.07, 6.45) is 8.10. The molecule has 0 radical (unpaired) electrons. The molecule has 166 valence electrons. The fraction of sp³-hybridized carbons (Fsp3) is 0.385. The third kappa shape index (κ3) is 3.71. The summed E-state index contributed by atoms with van der Waals surface area (Å²) < 4.78 is 2.27. The van der Waals surface area contributed by atoms with E-state index in [0.717, 1.165) is 21.5 Å². The zero-order chi connectivity index (χ0) is 22.2. The van der Waals surface area contributed by atoms with Gasteiger partial charge in [0.1, 0.15) is 0 Å². The Morgan fingerprint density at radius 1 is 1.03 bits per heavy atom. The van der Waals surface area contributed by atoms with Crippen molar-refractivity contribution in [1.82, 2.24) is 19.8 Å². The molecule has 3 aromatic rings. The van der Waals surface area contributed by atoms with Crippen LogP contribution in [0.4, 0.5) is 0 Å². The number of rotatable bonds is 4. The van der Waals surface area contributed by atoms with E-state index in [1.54, 1.807) is 0 Å². The summed E-state index contributed by atoms with van der Waals surface area (Å²) in [6, 6.07) is 17.1. The summed E-state index contributed by atoms with van der Waals surface area (Å²) in [5.41, 5.74) is 5.71. The Bertz CT molecular complexity index is 1120. The highest BCUT2D eigenvalue weighted by Crippen LogP contribution is 2.44. The van der Waals surface area contributed by atoms with Crippen molar-refractivity contribution in [2.24, 2.45) is 0 Å². The SMILES string of the molecule is Cc1cc([C@H]2[C@@H](c3ccccn3)NC(=S)N2C2CCCCC2)c(C)n1-c1ccccc1Cl. The second-order valence-electron chi connectivity index (χ2n) is 8.94. The van der Waals surface area contributed by atoms with E-state index in [9.17, 15) is 0 Å². The van der Waals surface area contributed by atoms with Crippen LogP contribution in [0, 0.1) is 13.8 Å². The predicted molar refractivity (Wildman–Crippen MR) is 134 cm³/mol. The summed E-state index contributed by atoms with van der Waals surface area (Å²) in [5.74, 6) is 0. The Kier molecular flexibility index (Phi) is 5.95. The Hall–Kier alpha value is -2.37. The van der Waals surface area contributed by atoms with Crippen LogP contribution in [0.15, 0.2) is 54.7 Å². The van der Waals surface area contributed by atoms with Gasteiger partial charge in [0.05, 0.1) is 28.5 Å². The molecule has 1 saturated heterocycles. The van der Waals surface area contributed by atoms with Crippen LogP contribution < -0.4 is 5.32 Å². The molecule has 2 atom stereocenters. The molecule has 3 heterocycles. The van der Waals surface area contributed by atoms with Crippen LogP contribution in [0.2, 0.25) is 5.02 Å². The molecule has 0 unspecified atom stereocenters. The topological polar surface area (TPSA) is 33.1 Å². The minimum atomic E-state index is 0.0193. The van der Waals surface area contributed by atoms with Gasteiger partial charge in [-0.3, -0.25) is 4.98 Å². The van der Waals surface area contributed by atoms with Crippen LogP contribution in [0.25, 0.3) is 5.69 Å². The maximum absolute atomic E-state index is 6.60. The highest BCUT2D eigenvalue weighted by Gasteiger charge is 2.44. The molecule has 5 rings (SSSR count). The predicted octanol–water partition coefficient (Wildman–Crippen LogP) is 6.45. The van der Waals surface area contributed by atoms with Crippen molar-refractivity contribution in [1.29, 1.82) is 0 Å². The first kappa shape index (κ1) is 21.5. The van der Waals surface area contributed by atoms with Gasteiger partial charge in [-0.15, -0.1) is 0 Å². The van der Waals surface area contributed by atoms with E-state index in [4.69, 9.17) is 28.8 Å². The zero-order valence-electron chi connectivity index (χ0n) is 18.6. The molecule has 2 fully saturated rings. The summed E-state index contributed by atoms with van der Waals surface area (Å²) in [7, 11) is 0. The van der Waals surface area contributed by atoms with Gasteiger partial charge in [0.15, 0.2) is 5.11 Å². The van der Waals surface area contributed by atoms with Crippen molar-refractivity contribution >= 4 is 28.9 Å². The number of para-hydroxylation sites is 1. The van der Waals surface area contributed by atoms with Crippen LogP contribution in [-0.2, 0) is 0 Å². The monoisotopic (exact) mass is 464 g/mol. The first-order chi connectivity index (χ1) is 15.6. The Morgan fingerprint density at radius 3 is 2.50 bits per heavy atom. The van der Waals surface area contributed by atoms with Crippen molar-refractivity contribution in [2.75, 3.05) is 0 Å². The molecule has 6 heteroatoms. The Morgan fingerprint density at radius 2 is 1.78 bits per heavy atom. The van der Waals surface area contributed by atoms with E-state index < -0.39 is 0 Å². The molecule has 4 nitrogen and oxygen atoms in total. The lowest BCUT2D eigenvalue weighted by molar-refractivity contribution is 0.197. The fourth-order valence-corrected chi connectivity index (χ4v) is 6.15. The number of thiocarbonyl (C=S) groups is 1. The van der Waals surface area contributed by atoms with Gasteiger partial charge < -0.3 is 14.8 Å². The molecule has 0 spiro atoms. The summed E-state index contributed by atoms with van der Waals surface area (Å²) in [4.78, 5) is 7.18. The molecule has 0 bridgehead atoms. The number of nitrogens with zero attached hydrogens (tertiary/aromatic N) is 3. The van der Waals surface area contributed by atoms with E-state index in [0.29, 0.717) is 6.04 Å². The highest BCUT2D eigenvalue weighted by molar-refractivity contribution is 7.80. The molecule has 1 saturated carbocycles. The minimum Gasteiger partial charge on any atom is -0.352 e. The molecular formula is C26H29ClN4S.